The minimum atomic E-state index is -0.0642. The number of rotatable bonds is 5. The molecular weight excluding hydrogens is 318 g/mol. The number of pyridine rings is 1. The average Bonchev–Trinajstić information content (AvgIpc) is 3.29. The highest BCUT2D eigenvalue weighted by Crippen LogP contribution is 2.13. The fraction of sp³-hybridized carbons (Fsp3) is 0.118. The number of aromatic nitrogens is 6. The zero-order chi connectivity index (χ0) is 17.1. The zero-order valence-electron chi connectivity index (χ0n) is 13.3. The molecule has 0 atom stereocenters. The van der Waals surface area contributed by atoms with E-state index in [9.17, 15) is 4.79 Å². The van der Waals surface area contributed by atoms with Crippen LogP contribution in [0, 0.1) is 0 Å². The van der Waals surface area contributed by atoms with Gasteiger partial charge in [0.05, 0.1) is 12.1 Å². The minimum absolute atomic E-state index is 0.0642. The van der Waals surface area contributed by atoms with E-state index in [1.54, 1.807) is 0 Å². The molecule has 0 aliphatic rings. The van der Waals surface area contributed by atoms with Crippen LogP contribution in [0.15, 0.2) is 54.9 Å². The standard InChI is InChI=1S/C17H15N7O/c25-16(9-14-11-24-8-2-1-3-15(24)19-14)18-10-12-4-6-13(7-5-12)17-20-22-23-21-17/h1-8,11H,9-10H2,(H,18,25)(H,20,21,22,23). The summed E-state index contributed by atoms with van der Waals surface area (Å²) in [7, 11) is 0. The molecule has 0 fully saturated rings. The van der Waals surface area contributed by atoms with Gasteiger partial charge in [0.25, 0.3) is 0 Å². The molecule has 4 rings (SSSR count). The second-order valence-corrected chi connectivity index (χ2v) is 5.58. The average molecular weight is 333 g/mol. The highest BCUT2D eigenvalue weighted by molar-refractivity contribution is 5.78. The second-order valence-electron chi connectivity index (χ2n) is 5.58. The van der Waals surface area contributed by atoms with E-state index in [0.717, 1.165) is 22.5 Å². The van der Waals surface area contributed by atoms with Gasteiger partial charge in [-0.25, -0.2) is 4.98 Å². The van der Waals surface area contributed by atoms with Gasteiger partial charge >= 0.3 is 0 Å². The number of H-pyrrole nitrogens is 1. The van der Waals surface area contributed by atoms with Crippen LogP contribution in [0.25, 0.3) is 17.0 Å². The number of amides is 1. The first-order chi connectivity index (χ1) is 12.3. The number of hydrogen-bond acceptors (Lipinski definition) is 5. The summed E-state index contributed by atoms with van der Waals surface area (Å²) in [6.07, 6.45) is 4.03. The van der Waals surface area contributed by atoms with Crippen molar-refractivity contribution in [2.45, 2.75) is 13.0 Å². The summed E-state index contributed by atoms with van der Waals surface area (Å²) in [4.78, 5) is 16.6. The fourth-order valence-corrected chi connectivity index (χ4v) is 2.56. The number of benzene rings is 1. The number of nitrogens with zero attached hydrogens (tertiary/aromatic N) is 5. The van der Waals surface area contributed by atoms with Crippen LogP contribution in [0.5, 0.6) is 0 Å². The third-order valence-electron chi connectivity index (χ3n) is 3.80. The van der Waals surface area contributed by atoms with Crippen LogP contribution in [-0.4, -0.2) is 35.9 Å². The number of aromatic amines is 1. The quantitative estimate of drug-likeness (QED) is 0.574. The molecule has 0 saturated heterocycles. The zero-order valence-corrected chi connectivity index (χ0v) is 13.3. The van der Waals surface area contributed by atoms with Crippen LogP contribution >= 0.6 is 0 Å². The number of carbonyl (C=O) groups is 1. The first-order valence-corrected chi connectivity index (χ1v) is 7.80. The van der Waals surface area contributed by atoms with Crippen molar-refractivity contribution < 1.29 is 4.79 Å². The molecule has 0 saturated carbocycles. The second kappa shape index (κ2) is 6.52. The van der Waals surface area contributed by atoms with Crippen molar-refractivity contribution in [2.75, 3.05) is 0 Å². The Labute approximate surface area is 142 Å². The molecule has 0 aliphatic heterocycles. The molecule has 0 bridgehead atoms. The summed E-state index contributed by atoms with van der Waals surface area (Å²) in [5.74, 6) is 0.480. The first kappa shape index (κ1) is 15.0. The lowest BCUT2D eigenvalue weighted by Gasteiger charge is -2.05. The molecule has 25 heavy (non-hydrogen) atoms. The summed E-state index contributed by atoms with van der Waals surface area (Å²) in [6.45, 7) is 0.457. The van der Waals surface area contributed by atoms with Crippen LogP contribution in [0.3, 0.4) is 0 Å². The van der Waals surface area contributed by atoms with E-state index in [2.05, 4.69) is 30.9 Å². The Morgan fingerprint density at radius 3 is 2.80 bits per heavy atom. The third-order valence-corrected chi connectivity index (χ3v) is 3.80. The molecule has 0 radical (unpaired) electrons. The SMILES string of the molecule is O=C(Cc1cn2ccccc2n1)NCc1ccc(-c2nn[nH]n2)cc1. The van der Waals surface area contributed by atoms with E-state index in [1.165, 1.54) is 0 Å². The number of hydrogen-bond donors (Lipinski definition) is 2. The van der Waals surface area contributed by atoms with Gasteiger partial charge in [-0.3, -0.25) is 4.79 Å². The van der Waals surface area contributed by atoms with Gasteiger partial charge < -0.3 is 9.72 Å². The van der Waals surface area contributed by atoms with Crippen molar-refractivity contribution in [1.82, 2.24) is 35.3 Å². The molecule has 8 heteroatoms. The lowest BCUT2D eigenvalue weighted by Crippen LogP contribution is -2.24. The maximum absolute atomic E-state index is 12.1. The van der Waals surface area contributed by atoms with E-state index < -0.39 is 0 Å². The Balaban J connectivity index is 1.35. The maximum Gasteiger partial charge on any atom is 0.226 e. The number of tetrazole rings is 1. The Morgan fingerprint density at radius 2 is 2.04 bits per heavy atom. The molecule has 8 nitrogen and oxygen atoms in total. The third kappa shape index (κ3) is 3.37. The summed E-state index contributed by atoms with van der Waals surface area (Å²) in [5.41, 5.74) is 3.45. The molecule has 3 aromatic heterocycles. The summed E-state index contributed by atoms with van der Waals surface area (Å²) in [6, 6.07) is 13.4. The topological polar surface area (TPSA) is 101 Å². The van der Waals surface area contributed by atoms with Gasteiger partial charge in [0.1, 0.15) is 5.65 Å². The molecule has 124 valence electrons. The minimum Gasteiger partial charge on any atom is -0.352 e. The predicted molar refractivity (Wildman–Crippen MR) is 90.4 cm³/mol. The van der Waals surface area contributed by atoms with Crippen LogP contribution in [0.2, 0.25) is 0 Å². The number of nitrogens with one attached hydrogen (secondary N) is 2. The van der Waals surface area contributed by atoms with Gasteiger partial charge in [0.2, 0.25) is 11.7 Å². The fourth-order valence-electron chi connectivity index (χ4n) is 2.56. The van der Waals surface area contributed by atoms with Gasteiger partial charge in [0, 0.05) is 24.5 Å². The van der Waals surface area contributed by atoms with E-state index in [4.69, 9.17) is 0 Å². The summed E-state index contributed by atoms with van der Waals surface area (Å²) >= 11 is 0. The molecule has 1 amide bonds. The molecule has 4 aromatic rings. The molecule has 0 spiro atoms. The smallest absolute Gasteiger partial charge is 0.226 e. The Hall–Kier alpha value is -3.55. The van der Waals surface area contributed by atoms with E-state index in [0.29, 0.717) is 12.4 Å². The number of imidazole rings is 1. The van der Waals surface area contributed by atoms with Crippen LogP contribution < -0.4 is 5.32 Å². The van der Waals surface area contributed by atoms with Crippen molar-refractivity contribution in [1.29, 1.82) is 0 Å². The highest BCUT2D eigenvalue weighted by atomic mass is 16.1. The van der Waals surface area contributed by atoms with Crippen molar-refractivity contribution in [2.24, 2.45) is 0 Å². The van der Waals surface area contributed by atoms with Crippen molar-refractivity contribution in [3.8, 4) is 11.4 Å². The largest absolute Gasteiger partial charge is 0.352 e. The maximum atomic E-state index is 12.1. The monoisotopic (exact) mass is 333 g/mol. The van der Waals surface area contributed by atoms with E-state index in [-0.39, 0.29) is 12.3 Å². The molecule has 0 aliphatic carbocycles. The predicted octanol–water partition coefficient (Wildman–Crippen LogP) is 1.37. The Kier molecular flexibility index (Phi) is 3.91. The van der Waals surface area contributed by atoms with Gasteiger partial charge in [0.15, 0.2) is 0 Å². The highest BCUT2D eigenvalue weighted by Gasteiger charge is 2.08. The van der Waals surface area contributed by atoms with Gasteiger partial charge in [-0.1, -0.05) is 30.3 Å². The molecule has 2 N–H and O–H groups in total. The van der Waals surface area contributed by atoms with Crippen LogP contribution in [0.4, 0.5) is 0 Å². The lowest BCUT2D eigenvalue weighted by atomic mass is 10.1. The van der Waals surface area contributed by atoms with Crippen molar-refractivity contribution in [3.05, 3.63) is 66.1 Å². The molecule has 0 unspecified atom stereocenters. The molecule has 3 heterocycles. The lowest BCUT2D eigenvalue weighted by molar-refractivity contribution is -0.120. The Bertz CT molecular complexity index is 956. The first-order valence-electron chi connectivity index (χ1n) is 7.80. The van der Waals surface area contributed by atoms with Crippen LogP contribution in [0.1, 0.15) is 11.3 Å². The number of carbonyl (C=O) groups excluding carboxylic acids is 1. The van der Waals surface area contributed by atoms with Crippen molar-refractivity contribution >= 4 is 11.6 Å². The molecular formula is C17H15N7O. The van der Waals surface area contributed by atoms with E-state index >= 15 is 0 Å². The van der Waals surface area contributed by atoms with E-state index in [1.807, 2.05) is 59.3 Å². The summed E-state index contributed by atoms with van der Waals surface area (Å²) in [5, 5.41) is 16.7. The van der Waals surface area contributed by atoms with Gasteiger partial charge in [-0.15, -0.1) is 10.2 Å². The number of fused-ring (bicyclic) bond motifs is 1. The summed E-state index contributed by atoms with van der Waals surface area (Å²) < 4.78 is 1.90. The molecule has 1 aromatic carbocycles. The Morgan fingerprint density at radius 1 is 1.16 bits per heavy atom. The normalized spacial score (nSPS) is 10.9. The van der Waals surface area contributed by atoms with Crippen molar-refractivity contribution in [3.63, 3.8) is 0 Å². The van der Waals surface area contributed by atoms with Crippen LogP contribution in [-0.2, 0) is 17.8 Å². The van der Waals surface area contributed by atoms with Gasteiger partial charge in [-0.2, -0.15) is 5.21 Å². The van der Waals surface area contributed by atoms with Gasteiger partial charge in [-0.05, 0) is 22.9 Å².